The SMILES string of the molecule is C=C1CCc2c(C(C)C)cccc2N1C. The predicted octanol–water partition coefficient (Wildman–Crippen LogP) is 3.71. The van der Waals surface area contributed by atoms with Crippen molar-refractivity contribution in [1.82, 2.24) is 0 Å². The molecular formula is C14H19N. The zero-order valence-corrected chi connectivity index (χ0v) is 9.88. The summed E-state index contributed by atoms with van der Waals surface area (Å²) in [7, 11) is 2.12. The van der Waals surface area contributed by atoms with Crippen LogP contribution in [0.1, 0.15) is 37.3 Å². The number of hydrogen-bond donors (Lipinski definition) is 0. The normalized spacial score (nSPS) is 15.7. The summed E-state index contributed by atoms with van der Waals surface area (Å²) >= 11 is 0. The summed E-state index contributed by atoms with van der Waals surface area (Å²) in [5.74, 6) is 0.611. The molecule has 1 aromatic carbocycles. The lowest BCUT2D eigenvalue weighted by Gasteiger charge is -2.31. The Kier molecular flexibility index (Phi) is 2.56. The molecule has 1 heteroatoms. The van der Waals surface area contributed by atoms with Crippen LogP contribution in [0.4, 0.5) is 5.69 Å². The molecule has 0 saturated heterocycles. The first-order valence-corrected chi connectivity index (χ1v) is 5.64. The van der Waals surface area contributed by atoms with E-state index in [2.05, 4.69) is 50.6 Å². The van der Waals surface area contributed by atoms with Gasteiger partial charge < -0.3 is 4.90 Å². The van der Waals surface area contributed by atoms with Crippen LogP contribution in [0.25, 0.3) is 0 Å². The third-order valence-corrected chi connectivity index (χ3v) is 3.31. The third kappa shape index (κ3) is 1.67. The summed E-state index contributed by atoms with van der Waals surface area (Å²) in [5.41, 5.74) is 5.58. The Bertz CT molecular complexity index is 390. The van der Waals surface area contributed by atoms with Crippen molar-refractivity contribution in [3.05, 3.63) is 41.6 Å². The van der Waals surface area contributed by atoms with E-state index in [1.807, 2.05) is 0 Å². The second-order valence-corrected chi connectivity index (χ2v) is 4.62. The van der Waals surface area contributed by atoms with Crippen molar-refractivity contribution < 1.29 is 0 Å². The van der Waals surface area contributed by atoms with E-state index < -0.39 is 0 Å². The highest BCUT2D eigenvalue weighted by atomic mass is 15.1. The minimum Gasteiger partial charge on any atom is -0.349 e. The van der Waals surface area contributed by atoms with Crippen molar-refractivity contribution >= 4 is 5.69 Å². The van der Waals surface area contributed by atoms with Gasteiger partial charge >= 0.3 is 0 Å². The fraction of sp³-hybridized carbons (Fsp3) is 0.429. The molecule has 0 spiro atoms. The van der Waals surface area contributed by atoms with Crippen molar-refractivity contribution in [2.45, 2.75) is 32.6 Å². The van der Waals surface area contributed by atoms with Crippen molar-refractivity contribution in [3.63, 3.8) is 0 Å². The highest BCUT2D eigenvalue weighted by molar-refractivity contribution is 5.62. The van der Waals surface area contributed by atoms with Crippen molar-refractivity contribution in [3.8, 4) is 0 Å². The van der Waals surface area contributed by atoms with Gasteiger partial charge in [-0.1, -0.05) is 32.6 Å². The van der Waals surface area contributed by atoms with Gasteiger partial charge in [0.05, 0.1) is 0 Å². The van der Waals surface area contributed by atoms with Gasteiger partial charge in [0.15, 0.2) is 0 Å². The van der Waals surface area contributed by atoms with E-state index in [0.717, 1.165) is 12.8 Å². The Labute approximate surface area is 92.4 Å². The first-order valence-electron chi connectivity index (χ1n) is 5.64. The van der Waals surface area contributed by atoms with Gasteiger partial charge in [0.2, 0.25) is 0 Å². The highest BCUT2D eigenvalue weighted by Crippen LogP contribution is 2.35. The van der Waals surface area contributed by atoms with Crippen LogP contribution in [0.15, 0.2) is 30.5 Å². The Morgan fingerprint density at radius 1 is 1.27 bits per heavy atom. The molecule has 80 valence electrons. The maximum atomic E-state index is 4.09. The molecule has 0 aliphatic carbocycles. The smallest absolute Gasteiger partial charge is 0.0440 e. The van der Waals surface area contributed by atoms with Crippen molar-refractivity contribution in [2.75, 3.05) is 11.9 Å². The van der Waals surface area contributed by atoms with Gasteiger partial charge in [-0.15, -0.1) is 0 Å². The molecule has 0 unspecified atom stereocenters. The van der Waals surface area contributed by atoms with Gasteiger partial charge in [-0.05, 0) is 36.0 Å². The molecule has 1 nitrogen and oxygen atoms in total. The van der Waals surface area contributed by atoms with Crippen molar-refractivity contribution in [1.29, 1.82) is 0 Å². The standard InChI is InChI=1S/C14H19N/c1-10(2)12-6-5-7-14-13(12)9-8-11(3)15(14)4/h5-7,10H,3,8-9H2,1-2,4H3. The first kappa shape index (κ1) is 10.3. The van der Waals surface area contributed by atoms with Gasteiger partial charge in [-0.2, -0.15) is 0 Å². The van der Waals surface area contributed by atoms with Gasteiger partial charge in [-0.25, -0.2) is 0 Å². The number of nitrogens with zero attached hydrogens (tertiary/aromatic N) is 1. The van der Waals surface area contributed by atoms with Gasteiger partial charge in [0, 0.05) is 18.4 Å². The topological polar surface area (TPSA) is 3.24 Å². The summed E-state index contributed by atoms with van der Waals surface area (Å²) in [6.07, 6.45) is 2.24. The quantitative estimate of drug-likeness (QED) is 0.669. The lowest BCUT2D eigenvalue weighted by Crippen LogP contribution is -2.23. The van der Waals surface area contributed by atoms with E-state index in [1.54, 1.807) is 0 Å². The molecule has 0 aromatic heterocycles. The Morgan fingerprint density at radius 3 is 2.67 bits per heavy atom. The molecule has 1 heterocycles. The van der Waals surface area contributed by atoms with Crippen LogP contribution in [-0.2, 0) is 6.42 Å². The summed E-state index contributed by atoms with van der Waals surface area (Å²) in [6.45, 7) is 8.62. The van der Waals surface area contributed by atoms with E-state index in [9.17, 15) is 0 Å². The number of allylic oxidation sites excluding steroid dienone is 1. The summed E-state index contributed by atoms with van der Waals surface area (Å²) < 4.78 is 0. The zero-order valence-electron chi connectivity index (χ0n) is 9.88. The fourth-order valence-electron chi connectivity index (χ4n) is 2.33. The first-order chi connectivity index (χ1) is 7.11. The third-order valence-electron chi connectivity index (χ3n) is 3.31. The number of anilines is 1. The van der Waals surface area contributed by atoms with Crippen LogP contribution in [0.3, 0.4) is 0 Å². The predicted molar refractivity (Wildman–Crippen MR) is 66.4 cm³/mol. The van der Waals surface area contributed by atoms with E-state index in [-0.39, 0.29) is 0 Å². The number of rotatable bonds is 1. The minimum absolute atomic E-state index is 0.611. The summed E-state index contributed by atoms with van der Waals surface area (Å²) in [4.78, 5) is 2.23. The van der Waals surface area contributed by atoms with Crippen LogP contribution < -0.4 is 4.90 Å². The minimum atomic E-state index is 0.611. The Balaban J connectivity index is 2.53. The maximum Gasteiger partial charge on any atom is 0.0440 e. The Hall–Kier alpha value is -1.24. The molecule has 0 N–H and O–H groups in total. The van der Waals surface area contributed by atoms with Gasteiger partial charge in [0.25, 0.3) is 0 Å². The summed E-state index contributed by atoms with van der Waals surface area (Å²) in [5, 5.41) is 0. The van der Waals surface area contributed by atoms with Crippen LogP contribution in [-0.4, -0.2) is 7.05 Å². The van der Waals surface area contributed by atoms with Crippen LogP contribution in [0.2, 0.25) is 0 Å². The van der Waals surface area contributed by atoms with E-state index >= 15 is 0 Å². The van der Waals surface area contributed by atoms with E-state index in [0.29, 0.717) is 5.92 Å². The average molecular weight is 201 g/mol. The second-order valence-electron chi connectivity index (χ2n) is 4.62. The summed E-state index contributed by atoms with van der Waals surface area (Å²) in [6, 6.07) is 6.61. The van der Waals surface area contributed by atoms with Gasteiger partial charge in [-0.3, -0.25) is 0 Å². The molecule has 1 aromatic rings. The molecule has 15 heavy (non-hydrogen) atoms. The van der Waals surface area contributed by atoms with Crippen LogP contribution in [0, 0.1) is 0 Å². The maximum absolute atomic E-state index is 4.09. The molecule has 0 amide bonds. The average Bonchev–Trinajstić information content (AvgIpc) is 2.23. The van der Waals surface area contributed by atoms with Crippen molar-refractivity contribution in [2.24, 2.45) is 0 Å². The van der Waals surface area contributed by atoms with Crippen LogP contribution in [0.5, 0.6) is 0 Å². The molecule has 2 rings (SSSR count). The molecule has 0 bridgehead atoms. The Morgan fingerprint density at radius 2 is 2.00 bits per heavy atom. The van der Waals surface area contributed by atoms with Gasteiger partial charge in [0.1, 0.15) is 0 Å². The number of hydrogen-bond acceptors (Lipinski definition) is 1. The number of benzene rings is 1. The van der Waals surface area contributed by atoms with E-state index in [1.165, 1.54) is 22.5 Å². The molecule has 1 aliphatic rings. The second kappa shape index (κ2) is 3.73. The zero-order chi connectivity index (χ0) is 11.0. The molecule has 1 aliphatic heterocycles. The highest BCUT2D eigenvalue weighted by Gasteiger charge is 2.19. The fourth-order valence-corrected chi connectivity index (χ4v) is 2.33. The molecule has 0 radical (unpaired) electrons. The largest absolute Gasteiger partial charge is 0.349 e. The lowest BCUT2D eigenvalue weighted by molar-refractivity contribution is 0.789. The monoisotopic (exact) mass is 201 g/mol. The molecular weight excluding hydrogens is 182 g/mol. The van der Waals surface area contributed by atoms with E-state index in [4.69, 9.17) is 0 Å². The number of fused-ring (bicyclic) bond motifs is 1. The molecule has 0 fully saturated rings. The van der Waals surface area contributed by atoms with Crippen LogP contribution >= 0.6 is 0 Å². The molecule has 0 saturated carbocycles. The lowest BCUT2D eigenvalue weighted by atomic mass is 9.90. The molecule has 0 atom stereocenters.